The molecule has 0 aliphatic carbocycles. The number of ether oxygens (including phenoxy) is 1. The maximum Gasteiger partial charge on any atom is 0.263 e. The first-order valence-electron chi connectivity index (χ1n) is 9.62. The molecule has 4 aromatic rings. The predicted molar refractivity (Wildman–Crippen MR) is 114 cm³/mol. The van der Waals surface area contributed by atoms with Crippen molar-refractivity contribution >= 4 is 17.0 Å². The highest BCUT2D eigenvalue weighted by Gasteiger charge is 2.11. The zero-order valence-electron chi connectivity index (χ0n) is 16.4. The number of fused-ring (bicyclic) bond motifs is 1. The first-order valence-corrected chi connectivity index (χ1v) is 9.62. The highest BCUT2D eigenvalue weighted by Crippen LogP contribution is 2.25. The predicted octanol–water partition coefficient (Wildman–Crippen LogP) is 3.72. The van der Waals surface area contributed by atoms with E-state index in [-0.39, 0.29) is 5.56 Å². The summed E-state index contributed by atoms with van der Waals surface area (Å²) in [6, 6.07) is 17.6. The SMILES string of the molecule is CC(C)c1ccccc1OCCNc1nc2c(cnn2-c2ccccc2)c(=O)[nH]1. The minimum absolute atomic E-state index is 0.231. The van der Waals surface area contributed by atoms with Crippen LogP contribution in [0.2, 0.25) is 0 Å². The van der Waals surface area contributed by atoms with E-state index in [4.69, 9.17) is 4.74 Å². The van der Waals surface area contributed by atoms with E-state index in [1.807, 2.05) is 48.5 Å². The maximum absolute atomic E-state index is 12.4. The quantitative estimate of drug-likeness (QED) is 0.471. The summed E-state index contributed by atoms with van der Waals surface area (Å²) in [6.45, 7) is 5.23. The van der Waals surface area contributed by atoms with Crippen molar-refractivity contribution in [1.82, 2.24) is 19.7 Å². The summed E-state index contributed by atoms with van der Waals surface area (Å²) in [5.41, 5.74) is 2.30. The summed E-state index contributed by atoms with van der Waals surface area (Å²) < 4.78 is 7.57. The van der Waals surface area contributed by atoms with Crippen molar-refractivity contribution in [2.45, 2.75) is 19.8 Å². The molecule has 2 aromatic heterocycles. The van der Waals surface area contributed by atoms with Crippen molar-refractivity contribution in [3.63, 3.8) is 0 Å². The van der Waals surface area contributed by atoms with E-state index in [9.17, 15) is 4.79 Å². The molecule has 0 fully saturated rings. The maximum atomic E-state index is 12.4. The fraction of sp³-hybridized carbons (Fsp3) is 0.227. The van der Waals surface area contributed by atoms with Gasteiger partial charge >= 0.3 is 0 Å². The van der Waals surface area contributed by atoms with Crippen LogP contribution in [0.1, 0.15) is 25.3 Å². The summed E-state index contributed by atoms with van der Waals surface area (Å²) >= 11 is 0. The van der Waals surface area contributed by atoms with Crippen LogP contribution in [0.25, 0.3) is 16.7 Å². The molecule has 2 aromatic carbocycles. The van der Waals surface area contributed by atoms with Crippen LogP contribution in [0.5, 0.6) is 5.75 Å². The Labute approximate surface area is 168 Å². The Morgan fingerprint density at radius 2 is 1.86 bits per heavy atom. The van der Waals surface area contributed by atoms with E-state index >= 15 is 0 Å². The Hall–Kier alpha value is -3.61. The number of aromatic nitrogens is 4. The zero-order valence-corrected chi connectivity index (χ0v) is 16.4. The third-order valence-electron chi connectivity index (χ3n) is 4.63. The second-order valence-corrected chi connectivity index (χ2v) is 7.01. The van der Waals surface area contributed by atoms with Gasteiger partial charge in [0.05, 0.1) is 18.4 Å². The molecule has 0 amide bonds. The fourth-order valence-corrected chi connectivity index (χ4v) is 3.18. The molecule has 7 nitrogen and oxygen atoms in total. The summed E-state index contributed by atoms with van der Waals surface area (Å²) in [6.07, 6.45) is 1.53. The highest BCUT2D eigenvalue weighted by atomic mass is 16.5. The Morgan fingerprint density at radius 1 is 1.10 bits per heavy atom. The van der Waals surface area contributed by atoms with E-state index in [0.717, 1.165) is 11.4 Å². The molecule has 0 unspecified atom stereocenters. The molecular weight excluding hydrogens is 366 g/mol. The third-order valence-corrected chi connectivity index (χ3v) is 4.63. The number of hydrogen-bond acceptors (Lipinski definition) is 5. The van der Waals surface area contributed by atoms with Crippen molar-refractivity contribution in [3.8, 4) is 11.4 Å². The monoisotopic (exact) mass is 389 g/mol. The first-order chi connectivity index (χ1) is 14.1. The minimum Gasteiger partial charge on any atom is -0.491 e. The average Bonchev–Trinajstić information content (AvgIpc) is 3.16. The van der Waals surface area contributed by atoms with Crippen molar-refractivity contribution in [2.24, 2.45) is 0 Å². The summed E-state index contributed by atoms with van der Waals surface area (Å²) in [5.74, 6) is 1.65. The fourth-order valence-electron chi connectivity index (χ4n) is 3.18. The molecule has 0 bridgehead atoms. The van der Waals surface area contributed by atoms with Gasteiger partial charge in [0.15, 0.2) is 5.65 Å². The Kier molecular flexibility index (Phi) is 5.29. The summed E-state index contributed by atoms with van der Waals surface area (Å²) in [5, 5.41) is 7.89. The van der Waals surface area contributed by atoms with Crippen LogP contribution in [-0.2, 0) is 0 Å². The van der Waals surface area contributed by atoms with Crippen LogP contribution in [0.4, 0.5) is 5.95 Å². The lowest BCUT2D eigenvalue weighted by Crippen LogP contribution is -2.18. The topological polar surface area (TPSA) is 84.8 Å². The molecule has 0 spiro atoms. The largest absolute Gasteiger partial charge is 0.491 e. The van der Waals surface area contributed by atoms with Gasteiger partial charge < -0.3 is 10.1 Å². The van der Waals surface area contributed by atoms with Crippen molar-refractivity contribution < 1.29 is 4.74 Å². The number of rotatable bonds is 7. The number of nitrogens with zero attached hydrogens (tertiary/aromatic N) is 3. The normalized spacial score (nSPS) is 11.1. The molecule has 2 N–H and O–H groups in total. The summed E-state index contributed by atoms with van der Waals surface area (Å²) in [4.78, 5) is 19.7. The van der Waals surface area contributed by atoms with Gasteiger partial charge in [-0.1, -0.05) is 50.2 Å². The van der Waals surface area contributed by atoms with Gasteiger partial charge in [-0.15, -0.1) is 0 Å². The molecule has 29 heavy (non-hydrogen) atoms. The smallest absolute Gasteiger partial charge is 0.263 e. The molecule has 0 atom stereocenters. The molecular formula is C22H23N5O2. The van der Waals surface area contributed by atoms with Gasteiger partial charge in [0.25, 0.3) is 5.56 Å². The lowest BCUT2D eigenvalue weighted by Gasteiger charge is -2.14. The molecule has 0 radical (unpaired) electrons. The Balaban J connectivity index is 1.49. The second kappa shape index (κ2) is 8.18. The molecule has 0 aliphatic rings. The van der Waals surface area contributed by atoms with Crippen LogP contribution in [-0.4, -0.2) is 32.9 Å². The first kappa shape index (κ1) is 18.7. The molecule has 0 saturated heterocycles. The second-order valence-electron chi connectivity index (χ2n) is 7.01. The standard InChI is InChI=1S/C22H23N5O2/c1-15(2)17-10-6-7-11-19(17)29-13-12-23-22-25-20-18(21(28)26-22)14-24-27(20)16-8-4-3-5-9-16/h3-11,14-15H,12-13H2,1-2H3,(H2,23,25,26,28). The van der Waals surface area contributed by atoms with Gasteiger partial charge in [-0.3, -0.25) is 9.78 Å². The third kappa shape index (κ3) is 3.99. The molecule has 0 saturated carbocycles. The number of hydrogen-bond donors (Lipinski definition) is 2. The molecule has 148 valence electrons. The van der Waals surface area contributed by atoms with Crippen LogP contribution < -0.4 is 15.6 Å². The van der Waals surface area contributed by atoms with Crippen LogP contribution in [0, 0.1) is 0 Å². The van der Waals surface area contributed by atoms with Gasteiger partial charge in [0.2, 0.25) is 5.95 Å². The molecule has 7 heteroatoms. The van der Waals surface area contributed by atoms with E-state index in [1.54, 1.807) is 4.68 Å². The van der Waals surface area contributed by atoms with Crippen molar-refractivity contribution in [1.29, 1.82) is 0 Å². The summed E-state index contributed by atoms with van der Waals surface area (Å²) in [7, 11) is 0. The van der Waals surface area contributed by atoms with E-state index in [1.165, 1.54) is 11.8 Å². The van der Waals surface area contributed by atoms with Crippen LogP contribution in [0.3, 0.4) is 0 Å². The van der Waals surface area contributed by atoms with Crippen molar-refractivity contribution in [2.75, 3.05) is 18.5 Å². The number of nitrogens with one attached hydrogen (secondary N) is 2. The van der Waals surface area contributed by atoms with E-state index in [2.05, 4.69) is 40.3 Å². The average molecular weight is 389 g/mol. The van der Waals surface area contributed by atoms with E-state index < -0.39 is 0 Å². The molecule has 4 rings (SSSR count). The molecule has 0 aliphatic heterocycles. The minimum atomic E-state index is -0.231. The number of anilines is 1. The Morgan fingerprint density at radius 3 is 2.66 bits per heavy atom. The number of para-hydroxylation sites is 2. The highest BCUT2D eigenvalue weighted by molar-refractivity contribution is 5.76. The lowest BCUT2D eigenvalue weighted by molar-refractivity contribution is 0.328. The van der Waals surface area contributed by atoms with Crippen LogP contribution in [0.15, 0.2) is 65.6 Å². The number of H-pyrrole nitrogens is 1. The van der Waals surface area contributed by atoms with Gasteiger partial charge in [0.1, 0.15) is 17.7 Å². The van der Waals surface area contributed by atoms with Crippen LogP contribution >= 0.6 is 0 Å². The van der Waals surface area contributed by atoms with Crippen molar-refractivity contribution in [3.05, 3.63) is 76.7 Å². The van der Waals surface area contributed by atoms with Gasteiger partial charge in [-0.25, -0.2) is 4.68 Å². The zero-order chi connectivity index (χ0) is 20.2. The van der Waals surface area contributed by atoms with E-state index in [0.29, 0.717) is 36.1 Å². The van der Waals surface area contributed by atoms with Gasteiger partial charge in [-0.05, 0) is 29.7 Å². The lowest BCUT2D eigenvalue weighted by atomic mass is 10.0. The number of aromatic amines is 1. The molecule has 2 heterocycles. The number of benzene rings is 2. The Bertz CT molecular complexity index is 1160. The van der Waals surface area contributed by atoms with Gasteiger partial charge in [0, 0.05) is 0 Å². The van der Waals surface area contributed by atoms with Gasteiger partial charge in [-0.2, -0.15) is 10.1 Å².